The van der Waals surface area contributed by atoms with Gasteiger partial charge in [-0.25, -0.2) is 9.97 Å². The van der Waals surface area contributed by atoms with E-state index >= 15 is 0 Å². The molecular weight excluding hydrogens is 393 g/mol. The van der Waals surface area contributed by atoms with Crippen molar-refractivity contribution in [3.05, 3.63) is 47.5 Å². The normalized spacial score (nSPS) is 14.2. The summed E-state index contributed by atoms with van der Waals surface area (Å²) >= 11 is 1.48. The Labute approximate surface area is 163 Å². The fourth-order valence-electron chi connectivity index (χ4n) is 2.86. The fraction of sp³-hybridized carbons (Fsp3) is 0.389. The minimum absolute atomic E-state index is 0.104. The van der Waals surface area contributed by atoms with E-state index in [0.717, 1.165) is 19.8 Å². The zero-order chi connectivity index (χ0) is 20.4. The van der Waals surface area contributed by atoms with Crippen LogP contribution in [-0.4, -0.2) is 38.3 Å². The number of hydrogen-bond acceptors (Lipinski definition) is 5. The Morgan fingerprint density at radius 3 is 2.71 bits per heavy atom. The van der Waals surface area contributed by atoms with Crippen LogP contribution >= 0.6 is 11.3 Å². The lowest BCUT2D eigenvalue weighted by Crippen LogP contribution is -2.46. The van der Waals surface area contributed by atoms with Crippen molar-refractivity contribution in [2.45, 2.75) is 31.0 Å². The first-order valence-electron chi connectivity index (χ1n) is 8.59. The first-order chi connectivity index (χ1) is 13.2. The molecule has 6 nitrogen and oxygen atoms in total. The van der Waals surface area contributed by atoms with Crippen LogP contribution in [0.2, 0.25) is 0 Å². The van der Waals surface area contributed by atoms with E-state index in [0.29, 0.717) is 6.42 Å². The van der Waals surface area contributed by atoms with Gasteiger partial charge < -0.3 is 15.0 Å². The van der Waals surface area contributed by atoms with Crippen molar-refractivity contribution in [3.63, 3.8) is 0 Å². The largest absolute Gasteiger partial charge is 0.424 e. The van der Waals surface area contributed by atoms with E-state index in [4.69, 9.17) is 0 Å². The summed E-state index contributed by atoms with van der Waals surface area (Å²) in [5.74, 6) is -0.910. The highest BCUT2D eigenvalue weighted by Gasteiger charge is 2.57. The Bertz CT molecular complexity index is 936. The number of halogens is 3. The first kappa shape index (κ1) is 20.3. The fourth-order valence-corrected chi connectivity index (χ4v) is 3.83. The number of rotatable bonds is 7. The summed E-state index contributed by atoms with van der Waals surface area (Å²) in [6.45, 7) is -0.332. The number of carbonyl (C=O) groups is 1. The minimum Gasteiger partial charge on any atom is -0.374 e. The van der Waals surface area contributed by atoms with E-state index in [9.17, 15) is 23.1 Å². The van der Waals surface area contributed by atoms with Crippen LogP contribution in [0.25, 0.3) is 10.2 Å². The third-order valence-corrected chi connectivity index (χ3v) is 5.47. The van der Waals surface area contributed by atoms with Crippen molar-refractivity contribution >= 4 is 27.5 Å². The predicted molar refractivity (Wildman–Crippen MR) is 98.7 cm³/mol. The number of amides is 1. The molecule has 1 atom stereocenters. The maximum atomic E-state index is 13.4. The Balaban J connectivity index is 1.55. The topological polar surface area (TPSA) is 80.0 Å². The Hall–Kier alpha value is -2.46. The summed E-state index contributed by atoms with van der Waals surface area (Å²) < 4.78 is 42.4. The maximum absolute atomic E-state index is 13.4. The summed E-state index contributed by atoms with van der Waals surface area (Å²) in [7, 11) is 1.37. The number of aromatic nitrogens is 3. The van der Waals surface area contributed by atoms with E-state index in [1.807, 2.05) is 24.3 Å². The van der Waals surface area contributed by atoms with Gasteiger partial charge in [-0.15, -0.1) is 11.3 Å². The van der Waals surface area contributed by atoms with Crippen LogP contribution in [0.15, 0.2) is 36.7 Å². The number of imidazole rings is 1. The highest BCUT2D eigenvalue weighted by atomic mass is 32.1. The van der Waals surface area contributed by atoms with Gasteiger partial charge in [-0.3, -0.25) is 4.79 Å². The van der Waals surface area contributed by atoms with Crippen LogP contribution in [-0.2, 0) is 23.9 Å². The number of nitrogens with zero attached hydrogens (tertiary/aromatic N) is 3. The summed E-state index contributed by atoms with van der Waals surface area (Å²) in [5, 5.41) is 13.4. The van der Waals surface area contributed by atoms with E-state index in [1.165, 1.54) is 30.8 Å². The summed E-state index contributed by atoms with van der Waals surface area (Å²) in [6.07, 6.45) is -2.64. The van der Waals surface area contributed by atoms with E-state index in [1.54, 1.807) is 0 Å². The van der Waals surface area contributed by atoms with Crippen molar-refractivity contribution in [2.24, 2.45) is 7.05 Å². The zero-order valence-corrected chi connectivity index (χ0v) is 15.8. The van der Waals surface area contributed by atoms with Crippen LogP contribution in [0, 0.1) is 0 Å². The van der Waals surface area contributed by atoms with E-state index in [-0.39, 0.29) is 13.0 Å². The number of benzene rings is 1. The van der Waals surface area contributed by atoms with E-state index < -0.39 is 29.9 Å². The maximum Gasteiger partial charge on any atom is 0.424 e. The molecule has 28 heavy (non-hydrogen) atoms. The van der Waals surface area contributed by atoms with Gasteiger partial charge in [0.2, 0.25) is 11.5 Å². The Kier molecular flexibility index (Phi) is 5.71. The highest BCUT2D eigenvalue weighted by Crippen LogP contribution is 2.40. The number of fused-ring (bicyclic) bond motifs is 1. The molecule has 0 fully saturated rings. The predicted octanol–water partition coefficient (Wildman–Crippen LogP) is 2.92. The lowest BCUT2D eigenvalue weighted by atomic mass is 9.97. The van der Waals surface area contributed by atoms with Gasteiger partial charge in [0.15, 0.2) is 0 Å². The SMILES string of the molecule is Cn1ccnc1C(O)(CCNC(=O)CCc1nc2ccccc2s1)C(F)(F)F. The highest BCUT2D eigenvalue weighted by molar-refractivity contribution is 7.18. The molecule has 0 aliphatic carbocycles. The number of thiazole rings is 1. The van der Waals surface area contributed by atoms with Gasteiger partial charge >= 0.3 is 6.18 Å². The third-order valence-electron chi connectivity index (χ3n) is 4.37. The molecule has 1 aromatic carbocycles. The summed E-state index contributed by atoms with van der Waals surface area (Å²) in [6, 6.07) is 7.60. The molecule has 3 aromatic rings. The number of aliphatic hydroxyl groups is 1. The molecule has 1 unspecified atom stereocenters. The number of carbonyl (C=O) groups excluding carboxylic acids is 1. The van der Waals surface area contributed by atoms with Crippen LogP contribution in [0.3, 0.4) is 0 Å². The molecule has 0 radical (unpaired) electrons. The molecule has 2 aromatic heterocycles. The van der Waals surface area contributed by atoms with Gasteiger partial charge in [-0.05, 0) is 12.1 Å². The van der Waals surface area contributed by atoms with Crippen LogP contribution in [0.1, 0.15) is 23.7 Å². The van der Waals surface area contributed by atoms with Crippen molar-refractivity contribution in [2.75, 3.05) is 6.54 Å². The molecule has 1 amide bonds. The molecule has 2 N–H and O–H groups in total. The molecule has 0 saturated carbocycles. The van der Waals surface area contributed by atoms with E-state index in [2.05, 4.69) is 15.3 Å². The van der Waals surface area contributed by atoms with Gasteiger partial charge in [0, 0.05) is 45.2 Å². The number of para-hydroxylation sites is 1. The molecule has 0 bridgehead atoms. The number of nitrogens with one attached hydrogen (secondary N) is 1. The summed E-state index contributed by atoms with van der Waals surface area (Å²) in [4.78, 5) is 20.0. The molecule has 0 saturated heterocycles. The zero-order valence-electron chi connectivity index (χ0n) is 15.0. The van der Waals surface area contributed by atoms with Crippen molar-refractivity contribution in [3.8, 4) is 0 Å². The van der Waals surface area contributed by atoms with Crippen LogP contribution < -0.4 is 5.32 Å². The Morgan fingerprint density at radius 2 is 2.07 bits per heavy atom. The molecule has 150 valence electrons. The second-order valence-electron chi connectivity index (χ2n) is 6.40. The standard InChI is InChI=1S/C18H19F3N4O2S/c1-25-11-10-23-16(25)17(27,18(19,20)21)8-9-22-14(26)6-7-15-24-12-4-2-3-5-13(12)28-15/h2-5,10-11,27H,6-9H2,1H3,(H,22,26). The lowest BCUT2D eigenvalue weighted by molar-refractivity contribution is -0.272. The Morgan fingerprint density at radius 1 is 1.32 bits per heavy atom. The average molecular weight is 412 g/mol. The van der Waals surface area contributed by atoms with Crippen LogP contribution in [0.5, 0.6) is 0 Å². The molecule has 3 rings (SSSR count). The molecule has 0 aliphatic heterocycles. The van der Waals surface area contributed by atoms with Gasteiger partial charge in [0.05, 0.1) is 15.2 Å². The first-order valence-corrected chi connectivity index (χ1v) is 9.40. The second kappa shape index (κ2) is 7.88. The third kappa shape index (κ3) is 4.17. The number of aryl methyl sites for hydroxylation is 2. The molecule has 10 heteroatoms. The molecule has 0 aliphatic rings. The molecular formula is C18H19F3N4O2S. The minimum atomic E-state index is -4.92. The van der Waals surface area contributed by atoms with Gasteiger partial charge in [0.1, 0.15) is 5.82 Å². The van der Waals surface area contributed by atoms with Crippen LogP contribution in [0.4, 0.5) is 13.2 Å². The van der Waals surface area contributed by atoms with Gasteiger partial charge in [-0.2, -0.15) is 13.2 Å². The molecule has 2 heterocycles. The van der Waals surface area contributed by atoms with Gasteiger partial charge in [0.25, 0.3) is 0 Å². The monoisotopic (exact) mass is 412 g/mol. The number of alkyl halides is 3. The summed E-state index contributed by atoms with van der Waals surface area (Å²) in [5.41, 5.74) is -2.28. The number of hydrogen-bond donors (Lipinski definition) is 2. The van der Waals surface area contributed by atoms with Crippen molar-refractivity contribution in [1.29, 1.82) is 0 Å². The quantitative estimate of drug-likeness (QED) is 0.625. The van der Waals surface area contributed by atoms with Crippen molar-refractivity contribution < 1.29 is 23.1 Å². The molecule has 0 spiro atoms. The lowest BCUT2D eigenvalue weighted by Gasteiger charge is -2.29. The average Bonchev–Trinajstić information content (AvgIpc) is 3.24. The van der Waals surface area contributed by atoms with Gasteiger partial charge in [-0.1, -0.05) is 12.1 Å². The second-order valence-corrected chi connectivity index (χ2v) is 7.51. The smallest absolute Gasteiger partial charge is 0.374 e. The van der Waals surface area contributed by atoms with Crippen molar-refractivity contribution in [1.82, 2.24) is 19.9 Å².